The van der Waals surface area contributed by atoms with Crippen LogP contribution in [0.25, 0.3) is 0 Å². The number of hydrogen-bond acceptors (Lipinski definition) is 6. The quantitative estimate of drug-likeness (QED) is 0.482. The molecule has 0 heterocycles. The lowest BCUT2D eigenvalue weighted by Gasteiger charge is -2.14. The van der Waals surface area contributed by atoms with Crippen LogP contribution in [0.5, 0.6) is 5.75 Å². The van der Waals surface area contributed by atoms with E-state index in [0.29, 0.717) is 11.4 Å². The van der Waals surface area contributed by atoms with Gasteiger partial charge in [0, 0.05) is 17.8 Å². The number of anilines is 1. The smallest absolute Gasteiger partial charge is 0.328 e. The van der Waals surface area contributed by atoms with Crippen LogP contribution in [-0.4, -0.2) is 30.7 Å². The zero-order valence-electron chi connectivity index (χ0n) is 11.0. The van der Waals surface area contributed by atoms with Gasteiger partial charge in [-0.15, -0.1) is 0 Å². The summed E-state index contributed by atoms with van der Waals surface area (Å²) in [5.41, 5.74) is 0.310. The van der Waals surface area contributed by atoms with Crippen LogP contribution in [0.4, 0.5) is 11.4 Å². The molecule has 0 radical (unpaired) electrons. The van der Waals surface area contributed by atoms with Gasteiger partial charge in [0.25, 0.3) is 5.69 Å². The number of nitrogens with one attached hydrogen (secondary N) is 1. The highest BCUT2D eigenvalue weighted by atomic mass is 16.6. The maximum atomic E-state index is 11.5. The van der Waals surface area contributed by atoms with Crippen molar-refractivity contribution in [2.24, 2.45) is 0 Å². The molecule has 0 saturated carbocycles. The van der Waals surface area contributed by atoms with Gasteiger partial charge < -0.3 is 14.8 Å². The second-order valence-electron chi connectivity index (χ2n) is 3.79. The Hall–Kier alpha value is -2.31. The molecule has 0 aromatic heterocycles. The van der Waals surface area contributed by atoms with Gasteiger partial charge in [0.2, 0.25) is 0 Å². The molecule has 1 aromatic carbocycles. The number of nitro benzene ring substituents is 1. The Kier molecular flexibility index (Phi) is 5.11. The molecular formula is C12H16N2O5. The predicted octanol–water partition coefficient (Wildman–Crippen LogP) is 1.97. The van der Waals surface area contributed by atoms with Gasteiger partial charge in [-0.3, -0.25) is 10.1 Å². The normalized spacial score (nSPS) is 11.5. The van der Waals surface area contributed by atoms with E-state index in [4.69, 9.17) is 9.47 Å². The van der Waals surface area contributed by atoms with Crippen molar-refractivity contribution < 1.29 is 19.2 Å². The summed E-state index contributed by atoms with van der Waals surface area (Å²) in [5, 5.41) is 13.6. The van der Waals surface area contributed by atoms with E-state index in [-0.39, 0.29) is 12.3 Å². The van der Waals surface area contributed by atoms with Crippen molar-refractivity contribution in [1.82, 2.24) is 0 Å². The fourth-order valence-electron chi connectivity index (χ4n) is 1.47. The van der Waals surface area contributed by atoms with Gasteiger partial charge in [0.05, 0.1) is 24.7 Å². The molecule has 1 N–H and O–H groups in total. The van der Waals surface area contributed by atoms with Crippen molar-refractivity contribution in [3.05, 3.63) is 28.3 Å². The molecule has 0 saturated heterocycles. The number of nitro groups is 1. The fourth-order valence-corrected chi connectivity index (χ4v) is 1.47. The Morgan fingerprint density at radius 2 is 2.16 bits per heavy atom. The molecule has 0 fully saturated rings. The highest BCUT2D eigenvalue weighted by Gasteiger charge is 2.16. The van der Waals surface area contributed by atoms with Gasteiger partial charge >= 0.3 is 5.97 Å². The molecule has 19 heavy (non-hydrogen) atoms. The number of carbonyl (C=O) groups is 1. The van der Waals surface area contributed by atoms with Crippen LogP contribution in [0.2, 0.25) is 0 Å². The lowest BCUT2D eigenvalue weighted by atomic mass is 10.2. The van der Waals surface area contributed by atoms with Gasteiger partial charge in [-0.25, -0.2) is 4.79 Å². The fraction of sp³-hybridized carbons (Fsp3) is 0.417. The molecule has 1 atom stereocenters. The van der Waals surface area contributed by atoms with E-state index < -0.39 is 16.9 Å². The number of hydrogen-bond donors (Lipinski definition) is 1. The first-order valence-corrected chi connectivity index (χ1v) is 5.74. The zero-order valence-corrected chi connectivity index (χ0v) is 11.0. The third-order valence-corrected chi connectivity index (χ3v) is 2.36. The summed E-state index contributed by atoms with van der Waals surface area (Å²) < 4.78 is 9.82. The number of ether oxygens (including phenoxy) is 2. The van der Waals surface area contributed by atoms with E-state index in [2.05, 4.69) is 5.32 Å². The number of non-ortho nitro benzene ring substituents is 1. The Morgan fingerprint density at radius 3 is 2.68 bits per heavy atom. The standard InChI is InChI=1S/C12H16N2O5/c1-4-19-12(15)8(2)13-9-5-10(14(16)17)7-11(6-9)18-3/h5-8,13H,4H2,1-3H3. The molecule has 1 aromatic rings. The van der Waals surface area contributed by atoms with E-state index in [1.54, 1.807) is 19.9 Å². The van der Waals surface area contributed by atoms with Gasteiger partial charge in [-0.1, -0.05) is 0 Å². The third-order valence-electron chi connectivity index (χ3n) is 2.36. The summed E-state index contributed by atoms with van der Waals surface area (Å²) in [4.78, 5) is 21.7. The zero-order chi connectivity index (χ0) is 14.4. The Morgan fingerprint density at radius 1 is 1.47 bits per heavy atom. The highest BCUT2D eigenvalue weighted by molar-refractivity contribution is 5.79. The van der Waals surface area contributed by atoms with Crippen molar-refractivity contribution in [1.29, 1.82) is 0 Å². The highest BCUT2D eigenvalue weighted by Crippen LogP contribution is 2.26. The first-order chi connectivity index (χ1) is 8.97. The minimum atomic E-state index is -0.605. The Bertz CT molecular complexity index is 475. The second-order valence-corrected chi connectivity index (χ2v) is 3.79. The lowest BCUT2D eigenvalue weighted by Crippen LogP contribution is -2.28. The van der Waals surface area contributed by atoms with E-state index in [0.717, 1.165) is 0 Å². The molecule has 7 nitrogen and oxygen atoms in total. The van der Waals surface area contributed by atoms with Crippen molar-refractivity contribution in [3.8, 4) is 5.75 Å². The molecule has 0 aliphatic carbocycles. The number of esters is 1. The Balaban J connectivity index is 2.91. The molecule has 0 aliphatic heterocycles. The minimum absolute atomic E-state index is 0.113. The number of methoxy groups -OCH3 is 1. The molecule has 0 aliphatic rings. The van der Waals surface area contributed by atoms with Crippen molar-refractivity contribution >= 4 is 17.3 Å². The van der Waals surface area contributed by atoms with Crippen LogP contribution in [0.1, 0.15) is 13.8 Å². The van der Waals surface area contributed by atoms with Gasteiger partial charge in [0.15, 0.2) is 0 Å². The monoisotopic (exact) mass is 268 g/mol. The Labute approximate surface area is 110 Å². The molecule has 1 unspecified atom stereocenters. The van der Waals surface area contributed by atoms with E-state index in [1.807, 2.05) is 0 Å². The molecular weight excluding hydrogens is 252 g/mol. The number of rotatable bonds is 6. The predicted molar refractivity (Wildman–Crippen MR) is 69.4 cm³/mol. The van der Waals surface area contributed by atoms with Crippen LogP contribution < -0.4 is 10.1 Å². The van der Waals surface area contributed by atoms with E-state index >= 15 is 0 Å². The second kappa shape index (κ2) is 6.58. The first-order valence-electron chi connectivity index (χ1n) is 5.74. The van der Waals surface area contributed by atoms with Gasteiger partial charge in [-0.2, -0.15) is 0 Å². The van der Waals surface area contributed by atoms with Gasteiger partial charge in [0.1, 0.15) is 11.8 Å². The maximum absolute atomic E-state index is 11.5. The molecule has 0 bridgehead atoms. The average molecular weight is 268 g/mol. The van der Waals surface area contributed by atoms with Crippen LogP contribution in [0.3, 0.4) is 0 Å². The van der Waals surface area contributed by atoms with Crippen LogP contribution >= 0.6 is 0 Å². The summed E-state index contributed by atoms with van der Waals surface area (Å²) in [6.07, 6.45) is 0. The molecule has 0 amide bonds. The lowest BCUT2D eigenvalue weighted by molar-refractivity contribution is -0.384. The molecule has 7 heteroatoms. The maximum Gasteiger partial charge on any atom is 0.328 e. The van der Waals surface area contributed by atoms with E-state index in [1.165, 1.54) is 19.2 Å². The van der Waals surface area contributed by atoms with Crippen molar-refractivity contribution in [3.63, 3.8) is 0 Å². The minimum Gasteiger partial charge on any atom is -0.496 e. The first kappa shape index (κ1) is 14.7. The summed E-state index contributed by atoms with van der Waals surface area (Å²) >= 11 is 0. The van der Waals surface area contributed by atoms with Crippen molar-refractivity contribution in [2.75, 3.05) is 19.0 Å². The average Bonchev–Trinajstić information content (AvgIpc) is 2.38. The number of benzene rings is 1. The van der Waals surface area contributed by atoms with Gasteiger partial charge in [-0.05, 0) is 13.8 Å². The van der Waals surface area contributed by atoms with Crippen LogP contribution in [-0.2, 0) is 9.53 Å². The number of carbonyl (C=O) groups excluding carboxylic acids is 1. The SMILES string of the molecule is CCOC(=O)C(C)Nc1cc(OC)cc([N+](=O)[O-])c1. The van der Waals surface area contributed by atoms with Crippen LogP contribution in [0, 0.1) is 10.1 Å². The molecule has 104 valence electrons. The summed E-state index contributed by atoms with van der Waals surface area (Å²) in [6, 6.07) is 3.60. The summed E-state index contributed by atoms with van der Waals surface area (Å²) in [6.45, 7) is 3.60. The van der Waals surface area contributed by atoms with E-state index in [9.17, 15) is 14.9 Å². The molecule has 0 spiro atoms. The summed E-state index contributed by atoms with van der Waals surface area (Å²) in [5.74, 6) is -0.0827. The largest absolute Gasteiger partial charge is 0.496 e. The van der Waals surface area contributed by atoms with Crippen LogP contribution in [0.15, 0.2) is 18.2 Å². The topological polar surface area (TPSA) is 90.7 Å². The van der Waals surface area contributed by atoms with Crippen molar-refractivity contribution in [2.45, 2.75) is 19.9 Å². The third kappa shape index (κ3) is 4.13. The summed E-state index contributed by atoms with van der Waals surface area (Å²) in [7, 11) is 1.41. The molecule has 1 rings (SSSR count). The number of nitrogens with zero attached hydrogens (tertiary/aromatic N) is 1.